The van der Waals surface area contributed by atoms with Gasteiger partial charge in [0.15, 0.2) is 0 Å². The van der Waals surface area contributed by atoms with E-state index in [4.69, 9.17) is 4.74 Å². The van der Waals surface area contributed by atoms with Crippen LogP contribution >= 0.6 is 0 Å². The van der Waals surface area contributed by atoms with Gasteiger partial charge in [-0.15, -0.1) is 0 Å². The third kappa shape index (κ3) is 3.83. The molecule has 0 aliphatic rings. The first-order chi connectivity index (χ1) is 13.3. The Morgan fingerprint density at radius 2 is 1.96 bits per heavy atom. The van der Waals surface area contributed by atoms with Gasteiger partial charge in [-0.2, -0.15) is 9.61 Å². The summed E-state index contributed by atoms with van der Waals surface area (Å²) in [5.41, 5.74) is 2.16. The van der Waals surface area contributed by atoms with E-state index in [-0.39, 0.29) is 24.1 Å². The number of nitrogens with zero attached hydrogens (tertiary/aromatic N) is 2. The lowest BCUT2D eigenvalue weighted by Crippen LogP contribution is -2.32. The zero-order valence-corrected chi connectivity index (χ0v) is 16.1. The van der Waals surface area contributed by atoms with E-state index in [0.29, 0.717) is 29.1 Å². The van der Waals surface area contributed by atoms with Crippen LogP contribution in [0.2, 0.25) is 0 Å². The monoisotopic (exact) mass is 386 g/mol. The lowest BCUT2D eigenvalue weighted by molar-refractivity contribution is 0.0944. The molecule has 3 aromatic rings. The Bertz CT molecular complexity index is 1010. The van der Waals surface area contributed by atoms with Crippen molar-refractivity contribution in [3.8, 4) is 5.88 Å². The van der Waals surface area contributed by atoms with Crippen molar-refractivity contribution in [3.63, 3.8) is 0 Å². The third-order valence-electron chi connectivity index (χ3n) is 4.50. The molecule has 0 saturated heterocycles. The smallest absolute Gasteiger partial charge is 0.255 e. The van der Waals surface area contributed by atoms with Gasteiger partial charge < -0.3 is 10.1 Å². The first kappa shape index (κ1) is 19.8. The number of nitrogens with one attached hydrogen (secondary N) is 1. The van der Waals surface area contributed by atoms with Gasteiger partial charge in [-0.1, -0.05) is 13.0 Å². The van der Waals surface area contributed by atoms with Crippen molar-refractivity contribution in [2.75, 3.05) is 0 Å². The van der Waals surface area contributed by atoms with Gasteiger partial charge >= 0.3 is 0 Å². The molecule has 2 aromatic heterocycles. The maximum atomic E-state index is 13.9. The average molecular weight is 386 g/mol. The number of ether oxygens (including phenoxy) is 1. The predicted molar refractivity (Wildman–Crippen MR) is 102 cm³/mol. The van der Waals surface area contributed by atoms with Crippen LogP contribution in [-0.2, 0) is 6.61 Å². The van der Waals surface area contributed by atoms with Gasteiger partial charge in [-0.05, 0) is 51.0 Å². The molecule has 5 nitrogen and oxygen atoms in total. The highest BCUT2D eigenvalue weighted by atomic mass is 19.1. The number of hydrogen-bond donors (Lipinski definition) is 1. The number of carbonyl (C=O) groups is 1. The fourth-order valence-corrected chi connectivity index (χ4v) is 2.92. The van der Waals surface area contributed by atoms with Crippen molar-refractivity contribution in [1.29, 1.82) is 0 Å². The highest BCUT2D eigenvalue weighted by Gasteiger charge is 2.21. The van der Waals surface area contributed by atoms with Crippen LogP contribution in [0.25, 0.3) is 5.52 Å². The number of rotatable bonds is 6. The molecule has 0 fully saturated rings. The summed E-state index contributed by atoms with van der Waals surface area (Å²) in [5, 5.41) is 7.22. The Morgan fingerprint density at radius 3 is 2.61 bits per heavy atom. The summed E-state index contributed by atoms with van der Waals surface area (Å²) >= 11 is 0. The first-order valence-electron chi connectivity index (χ1n) is 9.01. The number of amides is 1. The highest BCUT2D eigenvalue weighted by molar-refractivity contribution is 6.02. The van der Waals surface area contributed by atoms with Crippen molar-refractivity contribution >= 4 is 11.4 Å². The molecule has 3 rings (SSSR count). The van der Waals surface area contributed by atoms with Crippen molar-refractivity contribution in [2.24, 2.45) is 0 Å². The summed E-state index contributed by atoms with van der Waals surface area (Å²) in [5.74, 6) is -1.34. The number of aromatic nitrogens is 2. The summed E-state index contributed by atoms with van der Waals surface area (Å²) in [7, 11) is 0. The number of pyridine rings is 1. The molecule has 1 radical (unpaired) electrons. The Kier molecular flexibility index (Phi) is 5.63. The second-order valence-corrected chi connectivity index (χ2v) is 6.70. The van der Waals surface area contributed by atoms with Crippen LogP contribution in [0.1, 0.15) is 40.5 Å². The van der Waals surface area contributed by atoms with E-state index >= 15 is 0 Å². The first-order valence-corrected chi connectivity index (χ1v) is 9.01. The highest BCUT2D eigenvalue weighted by Crippen LogP contribution is 2.25. The molecule has 0 aliphatic carbocycles. The number of fused-ring (bicyclic) bond motifs is 1. The molecule has 7 heteroatoms. The predicted octanol–water partition coefficient (Wildman–Crippen LogP) is 4.15. The van der Waals surface area contributed by atoms with Gasteiger partial charge in [0.2, 0.25) is 5.88 Å². The number of aryl methyl sites for hydroxylation is 2. The average Bonchev–Trinajstić information content (AvgIpc) is 2.96. The normalized spacial score (nSPS) is 12.2. The topological polar surface area (TPSA) is 55.6 Å². The third-order valence-corrected chi connectivity index (χ3v) is 4.50. The lowest BCUT2D eigenvalue weighted by atomic mass is 10.1. The zero-order chi connectivity index (χ0) is 20.4. The standard InChI is InChI=1S/C21H22F2N3O2/c1-5-13(3)24-21(27)20-14(4)25-26-18(20)9-12(2)10-19(26)28-11-15-16(22)7-6-8-17(15)23/h6-10,13H,3,5,11H2,1-2,4H3,(H,24,27). The van der Waals surface area contributed by atoms with Gasteiger partial charge in [-0.25, -0.2) is 8.78 Å². The molecule has 2 heterocycles. The van der Waals surface area contributed by atoms with Crippen LogP contribution in [0, 0.1) is 32.4 Å². The van der Waals surface area contributed by atoms with Crippen LogP contribution < -0.4 is 10.1 Å². The van der Waals surface area contributed by atoms with E-state index in [1.54, 1.807) is 13.0 Å². The molecule has 147 valence electrons. The quantitative estimate of drug-likeness (QED) is 0.692. The van der Waals surface area contributed by atoms with Crippen LogP contribution in [-0.4, -0.2) is 21.6 Å². The largest absolute Gasteiger partial charge is 0.473 e. The van der Waals surface area contributed by atoms with Crippen molar-refractivity contribution < 1.29 is 18.3 Å². The van der Waals surface area contributed by atoms with Crippen LogP contribution in [0.4, 0.5) is 8.78 Å². The molecule has 1 unspecified atom stereocenters. The molecular weight excluding hydrogens is 364 g/mol. The van der Waals surface area contributed by atoms with Crippen molar-refractivity contribution in [1.82, 2.24) is 14.9 Å². The lowest BCUT2D eigenvalue weighted by Gasteiger charge is -2.12. The number of benzene rings is 1. The SMILES string of the molecule is [CH2]C(CC)NC(=O)c1c(C)nn2c(OCc3c(F)cccc3F)cc(C)cc12. The Morgan fingerprint density at radius 1 is 1.29 bits per heavy atom. The number of halogens is 2. The van der Waals surface area contributed by atoms with Gasteiger partial charge in [-0.3, -0.25) is 4.79 Å². The molecule has 1 N–H and O–H groups in total. The van der Waals surface area contributed by atoms with E-state index in [0.717, 1.165) is 5.56 Å². The maximum Gasteiger partial charge on any atom is 0.255 e. The van der Waals surface area contributed by atoms with Gasteiger partial charge in [0.05, 0.1) is 22.3 Å². The van der Waals surface area contributed by atoms with Crippen molar-refractivity contribution in [3.05, 3.63) is 71.3 Å². The van der Waals surface area contributed by atoms with Crippen LogP contribution in [0.15, 0.2) is 30.3 Å². The second-order valence-electron chi connectivity index (χ2n) is 6.70. The fraction of sp³-hybridized carbons (Fsp3) is 0.286. The minimum absolute atomic E-state index is 0.165. The Hall–Kier alpha value is -2.96. The summed E-state index contributed by atoms with van der Waals surface area (Å²) < 4.78 is 34.9. The summed E-state index contributed by atoms with van der Waals surface area (Å²) in [6.07, 6.45) is 0.700. The minimum atomic E-state index is -0.679. The number of hydrogen-bond acceptors (Lipinski definition) is 3. The molecule has 1 atom stereocenters. The second kappa shape index (κ2) is 7.96. The summed E-state index contributed by atoms with van der Waals surface area (Å²) in [6.45, 7) is 9.08. The molecule has 1 amide bonds. The van der Waals surface area contributed by atoms with Gasteiger partial charge in [0.25, 0.3) is 5.91 Å². The van der Waals surface area contributed by atoms with E-state index in [1.807, 2.05) is 19.9 Å². The number of carbonyl (C=O) groups excluding carboxylic acids is 1. The van der Waals surface area contributed by atoms with E-state index in [1.165, 1.54) is 22.7 Å². The molecule has 0 saturated carbocycles. The zero-order valence-electron chi connectivity index (χ0n) is 16.1. The van der Waals surface area contributed by atoms with Gasteiger partial charge in [0, 0.05) is 12.1 Å². The molecule has 0 bridgehead atoms. The van der Waals surface area contributed by atoms with E-state index < -0.39 is 11.6 Å². The molecule has 0 spiro atoms. The maximum absolute atomic E-state index is 13.9. The molecular formula is C21H22F2N3O2. The van der Waals surface area contributed by atoms with Crippen molar-refractivity contribution in [2.45, 2.75) is 39.8 Å². The van der Waals surface area contributed by atoms with Crippen LogP contribution in [0.5, 0.6) is 5.88 Å². The molecule has 28 heavy (non-hydrogen) atoms. The molecule has 1 aromatic carbocycles. The Labute approximate surface area is 162 Å². The molecule has 0 aliphatic heterocycles. The van der Waals surface area contributed by atoms with E-state index in [2.05, 4.69) is 17.3 Å². The fourth-order valence-electron chi connectivity index (χ4n) is 2.92. The minimum Gasteiger partial charge on any atom is -0.473 e. The summed E-state index contributed by atoms with van der Waals surface area (Å²) in [6, 6.07) is 6.96. The van der Waals surface area contributed by atoms with E-state index in [9.17, 15) is 13.6 Å². The Balaban J connectivity index is 1.98. The van der Waals surface area contributed by atoms with Gasteiger partial charge in [0.1, 0.15) is 18.2 Å². The summed E-state index contributed by atoms with van der Waals surface area (Å²) in [4.78, 5) is 12.7. The van der Waals surface area contributed by atoms with Crippen LogP contribution in [0.3, 0.4) is 0 Å².